The number of rotatable bonds is 7. The monoisotopic (exact) mass is 312 g/mol. The Labute approximate surface area is 116 Å². The second-order valence-electron chi connectivity index (χ2n) is 5.25. The van der Waals surface area contributed by atoms with Crippen LogP contribution in [-0.2, 0) is 19.9 Å². The number of sulfone groups is 1. The molecule has 0 atom stereocenters. The average molecular weight is 312 g/mol. The van der Waals surface area contributed by atoms with Gasteiger partial charge in [-0.3, -0.25) is 0 Å². The SMILES string of the molecule is CN(CCC1CCNCC1)S(=O)(=O)CCS(C)(=O)=O. The van der Waals surface area contributed by atoms with Crippen LogP contribution in [0.5, 0.6) is 0 Å². The Balaban J connectivity index is 2.40. The average Bonchev–Trinajstić information content (AvgIpc) is 2.34. The molecule has 0 radical (unpaired) electrons. The molecule has 0 aromatic carbocycles. The smallest absolute Gasteiger partial charge is 0.214 e. The van der Waals surface area contributed by atoms with E-state index in [1.165, 1.54) is 11.4 Å². The lowest BCUT2D eigenvalue weighted by molar-refractivity contribution is 0.326. The molecule has 1 aliphatic heterocycles. The fraction of sp³-hybridized carbons (Fsp3) is 1.00. The van der Waals surface area contributed by atoms with Crippen molar-refractivity contribution in [1.29, 1.82) is 0 Å². The molecule has 0 amide bonds. The van der Waals surface area contributed by atoms with Crippen LogP contribution in [0.3, 0.4) is 0 Å². The number of piperidine rings is 1. The van der Waals surface area contributed by atoms with Gasteiger partial charge in [-0.05, 0) is 38.3 Å². The first-order chi connectivity index (χ1) is 8.71. The molecule has 0 saturated carbocycles. The van der Waals surface area contributed by atoms with E-state index in [0.717, 1.165) is 38.6 Å². The van der Waals surface area contributed by atoms with Crippen molar-refractivity contribution in [3.8, 4) is 0 Å². The van der Waals surface area contributed by atoms with E-state index in [0.29, 0.717) is 12.5 Å². The van der Waals surface area contributed by atoms with Crippen molar-refractivity contribution in [2.75, 3.05) is 44.4 Å². The zero-order valence-corrected chi connectivity index (χ0v) is 13.3. The Kier molecular flexibility index (Phi) is 6.22. The largest absolute Gasteiger partial charge is 0.317 e. The Hall–Kier alpha value is -0.180. The molecule has 1 fully saturated rings. The summed E-state index contributed by atoms with van der Waals surface area (Å²) in [6.45, 7) is 2.46. The first-order valence-corrected chi connectivity index (χ1v) is 10.2. The van der Waals surface area contributed by atoms with Crippen LogP contribution in [-0.4, -0.2) is 65.6 Å². The molecule has 1 heterocycles. The third kappa shape index (κ3) is 6.69. The first-order valence-electron chi connectivity index (χ1n) is 6.53. The Morgan fingerprint density at radius 3 is 2.21 bits per heavy atom. The van der Waals surface area contributed by atoms with Crippen LogP contribution in [0.1, 0.15) is 19.3 Å². The molecule has 1 N–H and O–H groups in total. The quantitative estimate of drug-likeness (QED) is 0.697. The molecule has 0 spiro atoms. The molecular formula is C11H24N2O4S2. The van der Waals surface area contributed by atoms with E-state index in [9.17, 15) is 16.8 Å². The molecular weight excluding hydrogens is 288 g/mol. The van der Waals surface area contributed by atoms with Crippen LogP contribution in [0.25, 0.3) is 0 Å². The topological polar surface area (TPSA) is 83.6 Å². The maximum Gasteiger partial charge on any atom is 0.214 e. The van der Waals surface area contributed by atoms with Gasteiger partial charge in [0, 0.05) is 19.8 Å². The zero-order valence-electron chi connectivity index (χ0n) is 11.6. The van der Waals surface area contributed by atoms with Gasteiger partial charge in [-0.1, -0.05) is 0 Å². The molecule has 8 heteroatoms. The van der Waals surface area contributed by atoms with Gasteiger partial charge in [0.1, 0.15) is 9.84 Å². The van der Waals surface area contributed by atoms with Crippen molar-refractivity contribution in [2.45, 2.75) is 19.3 Å². The second kappa shape index (κ2) is 7.01. The minimum Gasteiger partial charge on any atom is -0.317 e. The molecule has 0 aromatic rings. The predicted molar refractivity (Wildman–Crippen MR) is 76.3 cm³/mol. The second-order valence-corrected chi connectivity index (χ2v) is 9.70. The van der Waals surface area contributed by atoms with Crippen LogP contribution >= 0.6 is 0 Å². The Bertz CT molecular complexity index is 467. The number of nitrogens with one attached hydrogen (secondary N) is 1. The lowest BCUT2D eigenvalue weighted by Gasteiger charge is -2.25. The summed E-state index contributed by atoms with van der Waals surface area (Å²) in [5.74, 6) is -0.0736. The van der Waals surface area contributed by atoms with Crippen LogP contribution < -0.4 is 5.32 Å². The lowest BCUT2D eigenvalue weighted by Crippen LogP contribution is -2.35. The van der Waals surface area contributed by atoms with Crippen LogP contribution in [0.4, 0.5) is 0 Å². The van der Waals surface area contributed by atoms with Gasteiger partial charge in [-0.2, -0.15) is 0 Å². The summed E-state index contributed by atoms with van der Waals surface area (Å²) in [7, 11) is -5.17. The minimum absolute atomic E-state index is 0.312. The van der Waals surface area contributed by atoms with Crippen LogP contribution in [0, 0.1) is 5.92 Å². The highest BCUT2D eigenvalue weighted by Gasteiger charge is 2.21. The number of hydrogen-bond acceptors (Lipinski definition) is 5. The third-order valence-corrected chi connectivity index (χ3v) is 6.55. The van der Waals surface area contributed by atoms with E-state index in [1.807, 2.05) is 0 Å². The highest BCUT2D eigenvalue weighted by atomic mass is 32.2. The van der Waals surface area contributed by atoms with E-state index in [2.05, 4.69) is 5.32 Å². The molecule has 114 valence electrons. The molecule has 6 nitrogen and oxygen atoms in total. The highest BCUT2D eigenvalue weighted by Crippen LogP contribution is 2.16. The number of sulfonamides is 1. The van der Waals surface area contributed by atoms with Crippen molar-refractivity contribution in [2.24, 2.45) is 5.92 Å². The summed E-state index contributed by atoms with van der Waals surface area (Å²) < 4.78 is 47.1. The van der Waals surface area contributed by atoms with Crippen LogP contribution in [0.15, 0.2) is 0 Å². The van der Waals surface area contributed by atoms with Gasteiger partial charge < -0.3 is 5.32 Å². The van der Waals surface area contributed by atoms with Crippen molar-refractivity contribution >= 4 is 19.9 Å². The number of nitrogens with zero attached hydrogens (tertiary/aromatic N) is 1. The first kappa shape index (κ1) is 16.9. The fourth-order valence-corrected chi connectivity index (χ4v) is 4.84. The van der Waals surface area contributed by atoms with Gasteiger partial charge in [0.2, 0.25) is 10.0 Å². The standard InChI is InChI=1S/C11H24N2O4S2/c1-13(8-5-11-3-6-12-7-4-11)19(16,17)10-9-18(2,14)15/h11-12H,3-10H2,1-2H3. The summed E-state index contributed by atoms with van der Waals surface area (Å²) in [6, 6.07) is 0. The highest BCUT2D eigenvalue weighted by molar-refractivity contribution is 7.93. The molecule has 19 heavy (non-hydrogen) atoms. The van der Waals surface area contributed by atoms with Gasteiger partial charge in [-0.25, -0.2) is 21.1 Å². The molecule has 1 saturated heterocycles. The molecule has 0 unspecified atom stereocenters. The van der Waals surface area contributed by atoms with Crippen molar-refractivity contribution < 1.29 is 16.8 Å². The number of hydrogen-bond donors (Lipinski definition) is 1. The summed E-state index contributed by atoms with van der Waals surface area (Å²) in [5.41, 5.74) is 0. The van der Waals surface area contributed by atoms with E-state index >= 15 is 0 Å². The summed E-state index contributed by atoms with van der Waals surface area (Å²) in [6.07, 6.45) is 4.06. The summed E-state index contributed by atoms with van der Waals surface area (Å²) >= 11 is 0. The third-order valence-electron chi connectivity index (χ3n) is 3.50. The Morgan fingerprint density at radius 1 is 1.11 bits per heavy atom. The van der Waals surface area contributed by atoms with Crippen LogP contribution in [0.2, 0.25) is 0 Å². The van der Waals surface area contributed by atoms with E-state index in [-0.39, 0.29) is 11.5 Å². The fourth-order valence-electron chi connectivity index (χ4n) is 2.09. The maximum absolute atomic E-state index is 11.9. The molecule has 0 bridgehead atoms. The normalized spacial score (nSPS) is 18.9. The van der Waals surface area contributed by atoms with E-state index in [1.54, 1.807) is 0 Å². The molecule has 0 aliphatic carbocycles. The predicted octanol–water partition coefficient (Wildman–Crippen LogP) is -0.318. The Morgan fingerprint density at radius 2 is 1.68 bits per heavy atom. The maximum atomic E-state index is 11.9. The molecule has 1 aliphatic rings. The van der Waals surface area contributed by atoms with Crippen molar-refractivity contribution in [3.63, 3.8) is 0 Å². The zero-order chi connectivity index (χ0) is 14.5. The van der Waals surface area contributed by atoms with Gasteiger partial charge in [0.25, 0.3) is 0 Å². The molecule has 1 rings (SSSR count). The van der Waals surface area contributed by atoms with Crippen molar-refractivity contribution in [3.05, 3.63) is 0 Å². The van der Waals surface area contributed by atoms with Gasteiger partial charge in [0.15, 0.2) is 0 Å². The van der Waals surface area contributed by atoms with E-state index in [4.69, 9.17) is 0 Å². The summed E-state index contributed by atoms with van der Waals surface area (Å²) in [5, 5.41) is 3.27. The molecule has 0 aromatic heterocycles. The van der Waals surface area contributed by atoms with Gasteiger partial charge >= 0.3 is 0 Å². The van der Waals surface area contributed by atoms with Gasteiger partial charge in [0.05, 0.1) is 11.5 Å². The minimum atomic E-state index is -3.46. The lowest BCUT2D eigenvalue weighted by atomic mass is 9.95. The summed E-state index contributed by atoms with van der Waals surface area (Å²) in [4.78, 5) is 0. The van der Waals surface area contributed by atoms with Gasteiger partial charge in [-0.15, -0.1) is 0 Å². The van der Waals surface area contributed by atoms with Crippen molar-refractivity contribution in [1.82, 2.24) is 9.62 Å². The van der Waals surface area contributed by atoms with E-state index < -0.39 is 19.9 Å².